The van der Waals surface area contributed by atoms with Crippen molar-refractivity contribution in [1.82, 2.24) is 4.57 Å². The van der Waals surface area contributed by atoms with E-state index in [4.69, 9.17) is 0 Å². The quantitative estimate of drug-likeness (QED) is 0.774. The van der Waals surface area contributed by atoms with E-state index in [0.717, 1.165) is 11.1 Å². The molecule has 1 heterocycles. The minimum atomic E-state index is -0.156. The molecule has 0 radical (unpaired) electrons. The summed E-state index contributed by atoms with van der Waals surface area (Å²) in [6, 6.07) is 10.6. The maximum Gasteiger partial charge on any atom is 0.250 e. The predicted molar refractivity (Wildman–Crippen MR) is 70.9 cm³/mol. The van der Waals surface area contributed by atoms with Gasteiger partial charge < -0.3 is 4.57 Å². The summed E-state index contributed by atoms with van der Waals surface area (Å²) < 4.78 is 1.42. The van der Waals surface area contributed by atoms with E-state index in [-0.39, 0.29) is 17.9 Å². The molecule has 2 rings (SSSR count). The minimum Gasteiger partial charge on any atom is -0.308 e. The zero-order valence-electron chi connectivity index (χ0n) is 10.5. The number of rotatable bonds is 3. The number of benzene rings is 1. The highest BCUT2D eigenvalue weighted by atomic mass is 16.1. The molecule has 3 nitrogen and oxygen atoms in total. The summed E-state index contributed by atoms with van der Waals surface area (Å²) in [6.07, 6.45) is 1.63. The van der Waals surface area contributed by atoms with Gasteiger partial charge in [0.1, 0.15) is 0 Å². The van der Waals surface area contributed by atoms with Crippen LogP contribution in [0.4, 0.5) is 0 Å². The summed E-state index contributed by atoms with van der Waals surface area (Å²) in [4.78, 5) is 23.7. The molecule has 0 aliphatic heterocycles. The van der Waals surface area contributed by atoms with Crippen LogP contribution in [-0.2, 0) is 6.54 Å². The highest BCUT2D eigenvalue weighted by Gasteiger charge is 2.10. The lowest BCUT2D eigenvalue weighted by Gasteiger charge is -2.08. The molecule has 3 heteroatoms. The average molecular weight is 241 g/mol. The van der Waals surface area contributed by atoms with E-state index in [0.29, 0.717) is 5.56 Å². The third-order valence-corrected chi connectivity index (χ3v) is 2.91. The van der Waals surface area contributed by atoms with Crippen molar-refractivity contribution in [3.63, 3.8) is 0 Å². The second-order valence-corrected chi connectivity index (χ2v) is 4.41. The van der Waals surface area contributed by atoms with E-state index in [2.05, 4.69) is 0 Å². The number of carbonyl (C=O) groups excluding carboxylic acids is 1. The Morgan fingerprint density at radius 2 is 1.94 bits per heavy atom. The number of Topliss-reactive ketones (excluding diaryl/α,β-unsaturated/α-hetero) is 1. The molecule has 18 heavy (non-hydrogen) atoms. The molecule has 0 aliphatic carbocycles. The van der Waals surface area contributed by atoms with E-state index in [9.17, 15) is 9.59 Å². The molecule has 0 atom stereocenters. The largest absolute Gasteiger partial charge is 0.308 e. The van der Waals surface area contributed by atoms with E-state index >= 15 is 0 Å². The lowest BCUT2D eigenvalue weighted by molar-refractivity contribution is 0.0970. The third kappa shape index (κ3) is 2.56. The van der Waals surface area contributed by atoms with E-state index < -0.39 is 0 Å². The van der Waals surface area contributed by atoms with Crippen molar-refractivity contribution >= 4 is 5.78 Å². The zero-order chi connectivity index (χ0) is 13.1. The van der Waals surface area contributed by atoms with E-state index in [1.807, 2.05) is 32.0 Å². The van der Waals surface area contributed by atoms with Gasteiger partial charge in [0.15, 0.2) is 5.78 Å². The molecule has 0 aliphatic rings. The molecule has 0 amide bonds. The summed E-state index contributed by atoms with van der Waals surface area (Å²) in [6.45, 7) is 3.94. The van der Waals surface area contributed by atoms with Gasteiger partial charge in [-0.15, -0.1) is 0 Å². The molecule has 0 fully saturated rings. The Bertz CT molecular complexity index is 641. The first-order valence-corrected chi connectivity index (χ1v) is 5.84. The van der Waals surface area contributed by atoms with Crippen molar-refractivity contribution in [3.8, 4) is 0 Å². The van der Waals surface area contributed by atoms with E-state index in [1.165, 1.54) is 10.6 Å². The van der Waals surface area contributed by atoms with Crippen LogP contribution >= 0.6 is 0 Å². The van der Waals surface area contributed by atoms with Gasteiger partial charge >= 0.3 is 0 Å². The molecule has 0 saturated carbocycles. The number of hydrogen-bond donors (Lipinski definition) is 0. The molecule has 1 aromatic carbocycles. The van der Waals surface area contributed by atoms with Crippen LogP contribution < -0.4 is 5.56 Å². The lowest BCUT2D eigenvalue weighted by Crippen LogP contribution is -2.23. The Kier molecular flexibility index (Phi) is 3.42. The molecule has 0 bridgehead atoms. The monoisotopic (exact) mass is 241 g/mol. The van der Waals surface area contributed by atoms with Crippen molar-refractivity contribution in [2.75, 3.05) is 0 Å². The number of pyridine rings is 1. The van der Waals surface area contributed by atoms with Crippen LogP contribution in [0.15, 0.2) is 47.4 Å². The van der Waals surface area contributed by atoms with Crippen molar-refractivity contribution in [2.45, 2.75) is 20.4 Å². The highest BCUT2D eigenvalue weighted by molar-refractivity contribution is 5.97. The second kappa shape index (κ2) is 5.00. The predicted octanol–water partition coefficient (Wildman–Crippen LogP) is 2.35. The van der Waals surface area contributed by atoms with Crippen LogP contribution in [-0.4, -0.2) is 10.4 Å². The fraction of sp³-hybridized carbons (Fsp3) is 0.200. The van der Waals surface area contributed by atoms with Gasteiger partial charge in [-0.1, -0.05) is 23.8 Å². The normalized spacial score (nSPS) is 10.3. The SMILES string of the molecule is Cc1ccc(C)c(C(=O)Cn2ccccc2=O)c1. The van der Waals surface area contributed by atoms with Crippen LogP contribution in [0.3, 0.4) is 0 Å². The summed E-state index contributed by atoms with van der Waals surface area (Å²) in [5.41, 5.74) is 2.51. The lowest BCUT2D eigenvalue weighted by atomic mass is 10.0. The van der Waals surface area contributed by atoms with Gasteiger partial charge in [0, 0.05) is 17.8 Å². The van der Waals surface area contributed by atoms with Gasteiger partial charge in [-0.05, 0) is 31.5 Å². The maximum atomic E-state index is 12.2. The Morgan fingerprint density at radius 3 is 2.67 bits per heavy atom. The number of aryl methyl sites for hydroxylation is 2. The molecule has 1 aromatic heterocycles. The van der Waals surface area contributed by atoms with Gasteiger partial charge in [0.05, 0.1) is 6.54 Å². The summed E-state index contributed by atoms with van der Waals surface area (Å²) in [5, 5.41) is 0. The van der Waals surface area contributed by atoms with Gasteiger partial charge in [0.2, 0.25) is 0 Å². The molecular weight excluding hydrogens is 226 g/mol. The molecular formula is C15H15NO2. The summed E-state index contributed by atoms with van der Waals surface area (Å²) >= 11 is 0. The molecule has 92 valence electrons. The second-order valence-electron chi connectivity index (χ2n) is 4.41. The Hall–Kier alpha value is -2.16. The fourth-order valence-corrected chi connectivity index (χ4v) is 1.87. The van der Waals surface area contributed by atoms with Crippen LogP contribution in [0.2, 0.25) is 0 Å². The Morgan fingerprint density at radius 1 is 1.17 bits per heavy atom. The minimum absolute atomic E-state index is 0.0375. The summed E-state index contributed by atoms with van der Waals surface area (Å²) in [5.74, 6) is -0.0375. The first-order valence-electron chi connectivity index (χ1n) is 5.84. The van der Waals surface area contributed by atoms with Crippen molar-refractivity contribution in [1.29, 1.82) is 0 Å². The molecule has 0 spiro atoms. The number of nitrogens with zero attached hydrogens (tertiary/aromatic N) is 1. The fourth-order valence-electron chi connectivity index (χ4n) is 1.87. The molecule has 0 unspecified atom stereocenters. The first-order chi connectivity index (χ1) is 8.58. The van der Waals surface area contributed by atoms with Gasteiger partial charge in [-0.25, -0.2) is 0 Å². The van der Waals surface area contributed by atoms with E-state index in [1.54, 1.807) is 18.3 Å². The van der Waals surface area contributed by atoms with Crippen molar-refractivity contribution in [2.24, 2.45) is 0 Å². The Labute approximate surface area is 106 Å². The standard InChI is InChI=1S/C15H15NO2/c1-11-6-7-12(2)13(9-11)14(17)10-16-8-4-3-5-15(16)18/h3-9H,10H2,1-2H3. The smallest absolute Gasteiger partial charge is 0.250 e. The molecule has 2 aromatic rings. The van der Waals surface area contributed by atoms with Gasteiger partial charge in [-0.3, -0.25) is 9.59 Å². The van der Waals surface area contributed by atoms with Crippen LogP contribution in [0.25, 0.3) is 0 Å². The first kappa shape index (κ1) is 12.3. The molecule has 0 saturated heterocycles. The number of hydrogen-bond acceptors (Lipinski definition) is 2. The van der Waals surface area contributed by atoms with Gasteiger partial charge in [-0.2, -0.15) is 0 Å². The topological polar surface area (TPSA) is 39.1 Å². The number of aromatic nitrogens is 1. The summed E-state index contributed by atoms with van der Waals surface area (Å²) in [7, 11) is 0. The van der Waals surface area contributed by atoms with Crippen molar-refractivity contribution in [3.05, 3.63) is 69.6 Å². The number of ketones is 1. The van der Waals surface area contributed by atoms with Crippen LogP contribution in [0, 0.1) is 13.8 Å². The third-order valence-electron chi connectivity index (χ3n) is 2.91. The zero-order valence-corrected chi connectivity index (χ0v) is 10.5. The van der Waals surface area contributed by atoms with Crippen molar-refractivity contribution < 1.29 is 4.79 Å². The van der Waals surface area contributed by atoms with Crippen LogP contribution in [0.1, 0.15) is 21.5 Å². The highest BCUT2D eigenvalue weighted by Crippen LogP contribution is 2.12. The van der Waals surface area contributed by atoms with Gasteiger partial charge in [0.25, 0.3) is 5.56 Å². The van der Waals surface area contributed by atoms with Crippen LogP contribution in [0.5, 0.6) is 0 Å². The molecule has 0 N–H and O–H groups in total. The Balaban J connectivity index is 2.31. The average Bonchev–Trinajstić information content (AvgIpc) is 2.35. The number of carbonyl (C=O) groups is 1. The maximum absolute atomic E-state index is 12.2.